The molecule has 0 aromatic carbocycles. The molecule has 0 amide bonds. The summed E-state index contributed by atoms with van der Waals surface area (Å²) >= 11 is 0. The van der Waals surface area contributed by atoms with Crippen LogP contribution in [-0.2, 0) is 28.6 Å². The van der Waals surface area contributed by atoms with E-state index in [-0.39, 0.29) is 31.1 Å². The van der Waals surface area contributed by atoms with Crippen LogP contribution in [0, 0.1) is 0 Å². The second-order valence-electron chi connectivity index (χ2n) is 24.9. The Hall–Kier alpha value is -2.37. The van der Waals surface area contributed by atoms with Gasteiger partial charge in [-0.05, 0) is 77.0 Å². The molecule has 0 spiro atoms. The first-order valence-electron chi connectivity index (χ1n) is 36.5. The molecule has 0 aromatic heterocycles. The number of carbonyl (C=O) groups excluding carboxylic acids is 3. The summed E-state index contributed by atoms with van der Waals surface area (Å²) in [6.45, 7) is 6.69. The van der Waals surface area contributed by atoms with E-state index in [1.54, 1.807) is 0 Å². The second kappa shape index (κ2) is 70.1. The van der Waals surface area contributed by atoms with Gasteiger partial charge in [0.05, 0.1) is 0 Å². The minimum Gasteiger partial charge on any atom is -0.462 e. The largest absolute Gasteiger partial charge is 0.462 e. The van der Waals surface area contributed by atoms with Crippen LogP contribution in [-0.4, -0.2) is 37.2 Å². The highest BCUT2D eigenvalue weighted by Crippen LogP contribution is 2.19. The Balaban J connectivity index is 4.25. The number of ether oxygens (including phenoxy) is 3. The summed E-state index contributed by atoms with van der Waals surface area (Å²) in [7, 11) is 0. The molecule has 0 saturated carbocycles. The zero-order chi connectivity index (χ0) is 58.5. The average Bonchev–Trinajstić information content (AvgIpc) is 3.47. The van der Waals surface area contributed by atoms with E-state index in [0.717, 1.165) is 64.2 Å². The van der Waals surface area contributed by atoms with Crippen LogP contribution in [0.2, 0.25) is 0 Å². The molecule has 6 nitrogen and oxygen atoms in total. The van der Waals surface area contributed by atoms with Crippen molar-refractivity contribution in [1.82, 2.24) is 0 Å². The molecule has 0 N–H and O–H groups in total. The fourth-order valence-electron chi connectivity index (χ4n) is 11.1. The highest BCUT2D eigenvalue weighted by Gasteiger charge is 2.19. The van der Waals surface area contributed by atoms with Gasteiger partial charge >= 0.3 is 17.9 Å². The number of unbranched alkanes of at least 4 members (excludes halogenated alkanes) is 51. The number of esters is 3. The Morgan fingerprint density at radius 2 is 0.444 bits per heavy atom. The highest BCUT2D eigenvalue weighted by molar-refractivity contribution is 5.71. The van der Waals surface area contributed by atoms with Crippen molar-refractivity contribution in [2.24, 2.45) is 0 Å². The Bertz CT molecular complexity index is 1350. The third-order valence-electron chi connectivity index (χ3n) is 16.6. The normalized spacial score (nSPS) is 12.2. The van der Waals surface area contributed by atoms with Gasteiger partial charge in [0.2, 0.25) is 0 Å². The number of hydrogen-bond donors (Lipinski definition) is 0. The Morgan fingerprint density at radius 3 is 0.716 bits per heavy atom. The number of rotatable bonds is 68. The Morgan fingerprint density at radius 1 is 0.247 bits per heavy atom. The number of allylic oxidation sites excluding steroid dienone is 6. The van der Waals surface area contributed by atoms with Crippen molar-refractivity contribution in [3.63, 3.8) is 0 Å². The lowest BCUT2D eigenvalue weighted by atomic mass is 10.0. The monoisotopic (exact) mass is 1140 g/mol. The van der Waals surface area contributed by atoms with Crippen molar-refractivity contribution in [2.75, 3.05) is 13.2 Å². The SMILES string of the molecule is CCCCC/C=C\C/C=C\CCCCCCCCCCCC(=O)OC(COC(=O)CCCCCCCCC/C=C\CCCCCCCC)COC(=O)CCCCCCCCCCCCCCCCCCCCCCCCCCCCC. The molecule has 0 rings (SSSR count). The maximum Gasteiger partial charge on any atom is 0.306 e. The minimum atomic E-state index is -0.776. The van der Waals surface area contributed by atoms with Crippen LogP contribution in [0.15, 0.2) is 36.5 Å². The molecule has 476 valence electrons. The first-order chi connectivity index (χ1) is 40.0. The molecular formula is C75H140O6. The van der Waals surface area contributed by atoms with Crippen LogP contribution in [0.25, 0.3) is 0 Å². The second-order valence-corrected chi connectivity index (χ2v) is 24.9. The van der Waals surface area contributed by atoms with Gasteiger partial charge in [0.15, 0.2) is 6.10 Å². The predicted molar refractivity (Wildman–Crippen MR) is 353 cm³/mol. The summed E-state index contributed by atoms with van der Waals surface area (Å²) < 4.78 is 17.0. The summed E-state index contributed by atoms with van der Waals surface area (Å²) in [5.74, 6) is -0.849. The molecule has 0 bridgehead atoms. The molecule has 0 aliphatic heterocycles. The van der Waals surface area contributed by atoms with Crippen LogP contribution in [0.4, 0.5) is 0 Å². The van der Waals surface area contributed by atoms with Crippen LogP contribution in [0.1, 0.15) is 406 Å². The zero-order valence-electron chi connectivity index (χ0n) is 54.8. The van der Waals surface area contributed by atoms with Gasteiger partial charge in [-0.15, -0.1) is 0 Å². The molecule has 0 aliphatic rings. The maximum atomic E-state index is 13.0. The number of hydrogen-bond acceptors (Lipinski definition) is 6. The lowest BCUT2D eigenvalue weighted by molar-refractivity contribution is -0.167. The van der Waals surface area contributed by atoms with Crippen LogP contribution in [0.5, 0.6) is 0 Å². The molecule has 1 unspecified atom stereocenters. The van der Waals surface area contributed by atoms with Gasteiger partial charge in [-0.25, -0.2) is 0 Å². The van der Waals surface area contributed by atoms with Crippen molar-refractivity contribution < 1.29 is 28.6 Å². The van der Waals surface area contributed by atoms with E-state index in [4.69, 9.17) is 14.2 Å². The average molecular weight is 1140 g/mol. The van der Waals surface area contributed by atoms with Crippen molar-refractivity contribution in [3.05, 3.63) is 36.5 Å². The van der Waals surface area contributed by atoms with Gasteiger partial charge in [-0.2, -0.15) is 0 Å². The van der Waals surface area contributed by atoms with E-state index in [0.29, 0.717) is 19.3 Å². The third-order valence-corrected chi connectivity index (χ3v) is 16.6. The van der Waals surface area contributed by atoms with E-state index in [1.165, 1.54) is 302 Å². The minimum absolute atomic E-state index is 0.0703. The zero-order valence-corrected chi connectivity index (χ0v) is 54.8. The molecule has 0 radical (unpaired) electrons. The molecule has 1 atom stereocenters. The summed E-state index contributed by atoms with van der Waals surface area (Å²) in [5, 5.41) is 0. The third kappa shape index (κ3) is 68.3. The van der Waals surface area contributed by atoms with Gasteiger partial charge in [-0.1, -0.05) is 346 Å². The van der Waals surface area contributed by atoms with Crippen molar-refractivity contribution in [3.8, 4) is 0 Å². The first kappa shape index (κ1) is 78.6. The Kier molecular flexibility index (Phi) is 68.1. The van der Waals surface area contributed by atoms with E-state index in [2.05, 4.69) is 57.2 Å². The molecular weight excluding hydrogens is 997 g/mol. The first-order valence-corrected chi connectivity index (χ1v) is 36.5. The molecule has 0 heterocycles. The molecule has 0 fully saturated rings. The molecule has 0 aromatic rings. The maximum absolute atomic E-state index is 13.0. The van der Waals surface area contributed by atoms with E-state index in [1.807, 2.05) is 0 Å². The van der Waals surface area contributed by atoms with E-state index < -0.39 is 6.10 Å². The van der Waals surface area contributed by atoms with Gasteiger partial charge in [0.25, 0.3) is 0 Å². The smallest absolute Gasteiger partial charge is 0.306 e. The summed E-state index contributed by atoms with van der Waals surface area (Å²) in [5.41, 5.74) is 0. The van der Waals surface area contributed by atoms with Crippen molar-refractivity contribution in [1.29, 1.82) is 0 Å². The van der Waals surface area contributed by atoms with E-state index in [9.17, 15) is 14.4 Å². The molecule has 6 heteroatoms. The molecule has 0 aliphatic carbocycles. The lowest BCUT2D eigenvalue weighted by Crippen LogP contribution is -2.30. The van der Waals surface area contributed by atoms with Gasteiger partial charge in [0, 0.05) is 19.3 Å². The number of carbonyl (C=O) groups is 3. The predicted octanol–water partition coefficient (Wildman–Crippen LogP) is 25.1. The van der Waals surface area contributed by atoms with Crippen LogP contribution in [0.3, 0.4) is 0 Å². The fraction of sp³-hybridized carbons (Fsp3) is 0.880. The fourth-order valence-corrected chi connectivity index (χ4v) is 11.1. The topological polar surface area (TPSA) is 78.9 Å². The van der Waals surface area contributed by atoms with Gasteiger partial charge in [0.1, 0.15) is 13.2 Å². The quantitative estimate of drug-likeness (QED) is 0.0261. The summed E-state index contributed by atoms with van der Waals surface area (Å²) in [6, 6.07) is 0. The summed E-state index contributed by atoms with van der Waals surface area (Å²) in [6.07, 6.45) is 87.5. The highest BCUT2D eigenvalue weighted by atomic mass is 16.6. The van der Waals surface area contributed by atoms with Crippen LogP contribution >= 0.6 is 0 Å². The van der Waals surface area contributed by atoms with Gasteiger partial charge < -0.3 is 14.2 Å². The summed E-state index contributed by atoms with van der Waals surface area (Å²) in [4.78, 5) is 38.5. The van der Waals surface area contributed by atoms with Crippen LogP contribution < -0.4 is 0 Å². The van der Waals surface area contributed by atoms with Crippen molar-refractivity contribution >= 4 is 17.9 Å². The molecule has 81 heavy (non-hydrogen) atoms. The lowest BCUT2D eigenvalue weighted by Gasteiger charge is -2.18. The molecule has 0 saturated heterocycles. The van der Waals surface area contributed by atoms with Gasteiger partial charge in [-0.3, -0.25) is 14.4 Å². The van der Waals surface area contributed by atoms with Crippen molar-refractivity contribution in [2.45, 2.75) is 412 Å². The Labute approximate surface area is 506 Å². The standard InChI is InChI=1S/C75H140O6/c1-4-7-10-13-16-19-22-25-28-31-33-34-35-36-37-38-39-40-42-44-47-50-53-56-59-62-65-68-74(77)80-71-72(70-79-73(76)67-64-61-58-55-52-49-46-43-30-27-24-21-18-15-12-9-6-3)81-75(78)69-66-63-60-57-54-51-48-45-41-32-29-26-23-20-17-14-11-8-5-2/h17,20,26-27,29-30,72H,4-16,18-19,21-25,28,31-71H2,1-3H3/b20-17-,29-26-,30-27-. The van der Waals surface area contributed by atoms with E-state index >= 15 is 0 Å².